The van der Waals surface area contributed by atoms with Crippen LogP contribution in [0.5, 0.6) is 0 Å². The Hall–Kier alpha value is -1.89. The van der Waals surface area contributed by atoms with Gasteiger partial charge in [-0.1, -0.05) is 69.7 Å². The van der Waals surface area contributed by atoms with E-state index >= 15 is 0 Å². The van der Waals surface area contributed by atoms with E-state index in [0.717, 1.165) is 26.8 Å². The van der Waals surface area contributed by atoms with E-state index in [1.54, 1.807) is 23.1 Å². The van der Waals surface area contributed by atoms with Gasteiger partial charge >= 0.3 is 0 Å². The van der Waals surface area contributed by atoms with Crippen molar-refractivity contribution in [3.05, 3.63) is 74.4 Å². The zero-order chi connectivity index (χ0) is 19.7. The lowest BCUT2D eigenvalue weighted by Crippen LogP contribution is -1.95. The van der Waals surface area contributed by atoms with Gasteiger partial charge in [-0.15, -0.1) is 21.5 Å². The average molecular weight is 470 g/mol. The van der Waals surface area contributed by atoms with Crippen LogP contribution in [0.4, 0.5) is 0 Å². The fourth-order valence-corrected chi connectivity index (χ4v) is 5.10. The summed E-state index contributed by atoms with van der Waals surface area (Å²) < 4.78 is 3.20. The summed E-state index contributed by atoms with van der Waals surface area (Å²) in [6.45, 7) is 4.28. The zero-order valence-electron chi connectivity index (χ0n) is 15.9. The maximum absolute atomic E-state index is 4.52. The highest BCUT2D eigenvalue weighted by Crippen LogP contribution is 2.39. The first kappa shape index (κ1) is 19.4. The minimum absolute atomic E-state index is 0.868. The molecule has 0 spiro atoms. The van der Waals surface area contributed by atoms with E-state index in [2.05, 4.69) is 98.5 Å². The maximum atomic E-state index is 4.52. The highest BCUT2D eigenvalue weighted by Gasteiger charge is 2.18. The number of aromatic nitrogens is 3. The minimum atomic E-state index is 0.868. The molecule has 0 fully saturated rings. The van der Waals surface area contributed by atoms with Crippen LogP contribution in [0, 0.1) is 13.8 Å². The van der Waals surface area contributed by atoms with Gasteiger partial charge in [-0.05, 0) is 37.1 Å². The summed E-state index contributed by atoms with van der Waals surface area (Å²) in [7, 11) is 2.05. The van der Waals surface area contributed by atoms with Crippen LogP contribution in [-0.2, 0) is 12.8 Å². The van der Waals surface area contributed by atoms with Crippen molar-refractivity contribution in [3.8, 4) is 22.5 Å². The van der Waals surface area contributed by atoms with E-state index in [-0.39, 0.29) is 0 Å². The molecule has 0 amide bonds. The number of aryl methyl sites for hydroxylation is 2. The lowest BCUT2D eigenvalue weighted by atomic mass is 10.0. The summed E-state index contributed by atoms with van der Waals surface area (Å²) in [5.41, 5.74) is 6.17. The zero-order valence-corrected chi connectivity index (χ0v) is 19.2. The van der Waals surface area contributed by atoms with E-state index in [1.165, 1.54) is 27.1 Å². The van der Waals surface area contributed by atoms with Gasteiger partial charge in [-0.3, -0.25) is 0 Å². The molecule has 2 heterocycles. The molecule has 0 aliphatic rings. The number of thiophene rings is 1. The summed E-state index contributed by atoms with van der Waals surface area (Å²) >= 11 is 6.95. The highest BCUT2D eigenvalue weighted by molar-refractivity contribution is 9.10. The third kappa shape index (κ3) is 3.95. The van der Waals surface area contributed by atoms with Crippen LogP contribution in [0.15, 0.2) is 63.5 Å². The Bertz CT molecular complexity index is 1100. The Morgan fingerprint density at radius 3 is 2.43 bits per heavy atom. The Morgan fingerprint density at radius 2 is 1.71 bits per heavy atom. The van der Waals surface area contributed by atoms with Crippen molar-refractivity contribution in [3.63, 3.8) is 0 Å². The lowest BCUT2D eigenvalue weighted by molar-refractivity contribution is 0.794. The van der Waals surface area contributed by atoms with Gasteiger partial charge in [-0.25, -0.2) is 0 Å². The van der Waals surface area contributed by atoms with Crippen LogP contribution in [0.2, 0.25) is 0 Å². The summed E-state index contributed by atoms with van der Waals surface area (Å²) in [5.74, 6) is 1.78. The van der Waals surface area contributed by atoms with Gasteiger partial charge in [0.1, 0.15) is 0 Å². The molecule has 28 heavy (non-hydrogen) atoms. The van der Waals surface area contributed by atoms with E-state index in [9.17, 15) is 0 Å². The maximum Gasteiger partial charge on any atom is 0.191 e. The third-order valence-corrected chi connectivity index (χ3v) is 7.20. The van der Waals surface area contributed by atoms with Crippen molar-refractivity contribution in [2.45, 2.75) is 24.8 Å². The van der Waals surface area contributed by atoms with E-state index in [1.807, 2.05) is 7.05 Å². The highest BCUT2D eigenvalue weighted by atomic mass is 79.9. The van der Waals surface area contributed by atoms with Gasteiger partial charge in [0.25, 0.3) is 0 Å². The van der Waals surface area contributed by atoms with Crippen LogP contribution in [0.25, 0.3) is 22.5 Å². The fourth-order valence-electron chi connectivity index (χ4n) is 3.10. The fraction of sp³-hybridized carbons (Fsp3) is 0.182. The molecule has 142 valence electrons. The second-order valence-electron chi connectivity index (χ2n) is 6.73. The molecule has 0 aliphatic carbocycles. The number of hydrogen-bond acceptors (Lipinski definition) is 4. The molecular formula is C22H20BrN3S2. The first-order valence-electron chi connectivity index (χ1n) is 8.95. The average Bonchev–Trinajstić information content (AvgIpc) is 3.24. The molecule has 4 rings (SSSR count). The standard InChI is InChI=1S/C22H20BrN3S2/c1-14-4-8-17(9-5-14)20-15(2)27-13-19(20)21-24-25-22(26(21)3)28-12-16-6-10-18(23)11-7-16/h4-11,13H,12H2,1-3H3. The first-order chi connectivity index (χ1) is 13.5. The molecule has 0 saturated heterocycles. The van der Waals surface area contributed by atoms with Crippen molar-refractivity contribution in [1.82, 2.24) is 14.8 Å². The van der Waals surface area contributed by atoms with Crippen molar-refractivity contribution in [1.29, 1.82) is 0 Å². The van der Waals surface area contributed by atoms with E-state index < -0.39 is 0 Å². The largest absolute Gasteiger partial charge is 0.305 e. The molecule has 0 N–H and O–H groups in total. The number of halogens is 1. The predicted octanol–water partition coefficient (Wildman–Crippen LogP) is 6.88. The molecular weight excluding hydrogens is 450 g/mol. The first-order valence-corrected chi connectivity index (χ1v) is 11.6. The van der Waals surface area contributed by atoms with E-state index in [0.29, 0.717) is 0 Å². The number of thioether (sulfide) groups is 1. The predicted molar refractivity (Wildman–Crippen MR) is 123 cm³/mol. The molecule has 0 aliphatic heterocycles. The summed E-state index contributed by atoms with van der Waals surface area (Å²) in [6, 6.07) is 17.1. The molecule has 3 nitrogen and oxygen atoms in total. The van der Waals surface area contributed by atoms with Crippen LogP contribution in [0.3, 0.4) is 0 Å². The Kier molecular flexibility index (Phi) is 5.71. The Morgan fingerprint density at radius 1 is 1.00 bits per heavy atom. The van der Waals surface area contributed by atoms with Crippen molar-refractivity contribution in [2.75, 3.05) is 0 Å². The molecule has 0 bridgehead atoms. The minimum Gasteiger partial charge on any atom is -0.305 e. The normalized spacial score (nSPS) is 11.1. The van der Waals surface area contributed by atoms with Gasteiger partial charge in [0, 0.05) is 38.7 Å². The molecule has 0 saturated carbocycles. The summed E-state index contributed by atoms with van der Waals surface area (Å²) in [5, 5.41) is 12.1. The Balaban J connectivity index is 1.63. The molecule has 0 atom stereocenters. The van der Waals surface area contributed by atoms with Crippen molar-refractivity contribution >= 4 is 39.0 Å². The summed E-state index contributed by atoms with van der Waals surface area (Å²) in [6.07, 6.45) is 0. The van der Waals surface area contributed by atoms with Gasteiger partial charge in [0.2, 0.25) is 0 Å². The molecule has 4 aromatic rings. The van der Waals surface area contributed by atoms with Gasteiger partial charge < -0.3 is 4.57 Å². The van der Waals surface area contributed by atoms with Crippen LogP contribution < -0.4 is 0 Å². The number of rotatable bonds is 5. The SMILES string of the molecule is Cc1ccc(-c2c(-c3nnc(SCc4ccc(Br)cc4)n3C)csc2C)cc1. The van der Waals surface area contributed by atoms with Crippen LogP contribution in [-0.4, -0.2) is 14.8 Å². The molecule has 2 aromatic heterocycles. The summed E-state index contributed by atoms with van der Waals surface area (Å²) in [4.78, 5) is 1.30. The Labute approximate surface area is 182 Å². The second kappa shape index (κ2) is 8.23. The van der Waals surface area contributed by atoms with Crippen molar-refractivity contribution in [2.24, 2.45) is 7.05 Å². The molecule has 2 aromatic carbocycles. The molecule has 0 unspecified atom stereocenters. The second-order valence-corrected chi connectivity index (χ2v) is 9.67. The smallest absolute Gasteiger partial charge is 0.191 e. The number of hydrogen-bond donors (Lipinski definition) is 0. The topological polar surface area (TPSA) is 30.7 Å². The lowest BCUT2D eigenvalue weighted by Gasteiger charge is -2.08. The molecule has 0 radical (unpaired) electrons. The van der Waals surface area contributed by atoms with Gasteiger partial charge in [0.05, 0.1) is 0 Å². The van der Waals surface area contributed by atoms with Crippen LogP contribution in [0.1, 0.15) is 16.0 Å². The monoisotopic (exact) mass is 469 g/mol. The van der Waals surface area contributed by atoms with Gasteiger partial charge in [0.15, 0.2) is 11.0 Å². The third-order valence-electron chi connectivity index (χ3n) is 4.67. The van der Waals surface area contributed by atoms with Crippen LogP contribution >= 0.6 is 39.0 Å². The van der Waals surface area contributed by atoms with Crippen molar-refractivity contribution < 1.29 is 0 Å². The number of benzene rings is 2. The molecule has 6 heteroatoms. The van der Waals surface area contributed by atoms with Gasteiger partial charge in [-0.2, -0.15) is 0 Å². The quantitative estimate of drug-likeness (QED) is 0.298. The van der Waals surface area contributed by atoms with E-state index in [4.69, 9.17) is 0 Å². The number of nitrogens with zero attached hydrogens (tertiary/aromatic N) is 3.